The zero-order valence-corrected chi connectivity index (χ0v) is 6.67. The van der Waals surface area contributed by atoms with Crippen molar-refractivity contribution in [1.29, 1.82) is 0 Å². The van der Waals surface area contributed by atoms with Crippen molar-refractivity contribution in [2.45, 2.75) is 26.2 Å². The minimum Gasteiger partial charge on any atom is -0.469 e. The topological polar surface area (TPSA) is 30.2 Å². The first-order valence-electron chi connectivity index (χ1n) is 3.81. The molecule has 0 saturated heterocycles. The highest BCUT2D eigenvalue weighted by Crippen LogP contribution is 2.11. The monoisotopic (exact) mass is 152 g/mol. The summed E-state index contributed by atoms with van der Waals surface area (Å²) in [7, 11) is 0. The van der Waals surface area contributed by atoms with Crippen molar-refractivity contribution >= 4 is 6.29 Å². The van der Waals surface area contributed by atoms with Crippen LogP contribution >= 0.6 is 0 Å². The summed E-state index contributed by atoms with van der Waals surface area (Å²) in [4.78, 5) is 9.99. The number of hydrogen-bond acceptors (Lipinski definition) is 2. The van der Waals surface area contributed by atoms with Crippen LogP contribution in [0.3, 0.4) is 0 Å². The lowest BCUT2D eigenvalue weighted by atomic mass is 10.1. The Labute approximate surface area is 66.2 Å². The van der Waals surface area contributed by atoms with Crippen LogP contribution in [-0.2, 0) is 11.2 Å². The molecule has 0 saturated carbocycles. The van der Waals surface area contributed by atoms with E-state index in [2.05, 4.69) is 0 Å². The molecule has 1 heterocycles. The van der Waals surface area contributed by atoms with Gasteiger partial charge in [0.1, 0.15) is 12.0 Å². The molecule has 0 amide bonds. The van der Waals surface area contributed by atoms with Gasteiger partial charge in [-0.2, -0.15) is 0 Å². The molecule has 0 N–H and O–H groups in total. The fourth-order valence-corrected chi connectivity index (χ4v) is 1.01. The van der Waals surface area contributed by atoms with Crippen LogP contribution in [0.25, 0.3) is 0 Å². The molecule has 0 atom stereocenters. The van der Waals surface area contributed by atoms with Crippen molar-refractivity contribution in [2.24, 2.45) is 0 Å². The quantitative estimate of drug-likeness (QED) is 0.488. The van der Waals surface area contributed by atoms with E-state index in [1.807, 2.05) is 13.0 Å². The molecule has 0 unspecified atom stereocenters. The highest BCUT2D eigenvalue weighted by Gasteiger charge is 1.99. The number of carbonyl (C=O) groups is 1. The van der Waals surface area contributed by atoms with E-state index in [1.165, 1.54) is 5.56 Å². The van der Waals surface area contributed by atoms with Crippen molar-refractivity contribution in [3.63, 3.8) is 0 Å². The molecule has 2 heteroatoms. The standard InChI is InChI=1S/C9H12O2/c1-8-5-7-11-9(8)4-2-3-6-10/h5-7H,2-4H2,1H3. The molecule has 1 rings (SSSR count). The third kappa shape index (κ3) is 2.22. The van der Waals surface area contributed by atoms with Crippen LogP contribution in [0.5, 0.6) is 0 Å². The van der Waals surface area contributed by atoms with Crippen LogP contribution < -0.4 is 0 Å². The second-order valence-corrected chi connectivity index (χ2v) is 2.59. The molecule has 0 aromatic carbocycles. The summed E-state index contributed by atoms with van der Waals surface area (Å²) < 4.78 is 5.19. The van der Waals surface area contributed by atoms with Crippen molar-refractivity contribution in [3.05, 3.63) is 23.7 Å². The van der Waals surface area contributed by atoms with Gasteiger partial charge in [-0.05, 0) is 25.0 Å². The van der Waals surface area contributed by atoms with E-state index in [9.17, 15) is 4.79 Å². The number of furan rings is 1. The molecule has 0 bridgehead atoms. The highest BCUT2D eigenvalue weighted by molar-refractivity contribution is 5.49. The van der Waals surface area contributed by atoms with Gasteiger partial charge in [0.2, 0.25) is 0 Å². The summed E-state index contributed by atoms with van der Waals surface area (Å²) in [5, 5.41) is 0. The Kier molecular flexibility index (Phi) is 2.90. The first-order chi connectivity index (χ1) is 5.34. The second kappa shape index (κ2) is 3.96. The Morgan fingerprint density at radius 1 is 1.64 bits per heavy atom. The fraction of sp³-hybridized carbons (Fsp3) is 0.444. The highest BCUT2D eigenvalue weighted by atomic mass is 16.3. The number of carbonyl (C=O) groups excluding carboxylic acids is 1. The van der Waals surface area contributed by atoms with Gasteiger partial charge in [-0.3, -0.25) is 0 Å². The van der Waals surface area contributed by atoms with Crippen LogP contribution in [0.1, 0.15) is 24.2 Å². The Bertz CT molecular complexity index is 225. The molecule has 1 aromatic heterocycles. The Morgan fingerprint density at radius 2 is 2.45 bits per heavy atom. The van der Waals surface area contributed by atoms with E-state index in [1.54, 1.807) is 6.26 Å². The molecule has 11 heavy (non-hydrogen) atoms. The molecule has 0 aliphatic heterocycles. The van der Waals surface area contributed by atoms with E-state index in [4.69, 9.17) is 4.42 Å². The third-order valence-electron chi connectivity index (χ3n) is 1.69. The summed E-state index contributed by atoms with van der Waals surface area (Å²) in [6, 6.07) is 1.94. The van der Waals surface area contributed by atoms with E-state index in [0.717, 1.165) is 24.9 Å². The maximum absolute atomic E-state index is 9.99. The normalized spacial score (nSPS) is 9.91. The fourth-order valence-electron chi connectivity index (χ4n) is 1.01. The smallest absolute Gasteiger partial charge is 0.120 e. The van der Waals surface area contributed by atoms with Crippen LogP contribution in [0, 0.1) is 6.92 Å². The predicted molar refractivity (Wildman–Crippen MR) is 42.4 cm³/mol. The van der Waals surface area contributed by atoms with Gasteiger partial charge in [-0.1, -0.05) is 0 Å². The Hall–Kier alpha value is -1.05. The minimum atomic E-state index is 0.625. The van der Waals surface area contributed by atoms with Crippen LogP contribution in [0.4, 0.5) is 0 Å². The lowest BCUT2D eigenvalue weighted by molar-refractivity contribution is -0.107. The molecule has 0 aliphatic rings. The van der Waals surface area contributed by atoms with Crippen molar-refractivity contribution in [3.8, 4) is 0 Å². The molecule has 1 aromatic rings. The van der Waals surface area contributed by atoms with Gasteiger partial charge >= 0.3 is 0 Å². The van der Waals surface area contributed by atoms with Gasteiger partial charge in [0.15, 0.2) is 0 Å². The van der Waals surface area contributed by atoms with Gasteiger partial charge in [-0.25, -0.2) is 0 Å². The van der Waals surface area contributed by atoms with Crippen molar-refractivity contribution < 1.29 is 9.21 Å². The van der Waals surface area contributed by atoms with Gasteiger partial charge in [0.25, 0.3) is 0 Å². The van der Waals surface area contributed by atoms with E-state index >= 15 is 0 Å². The first kappa shape index (κ1) is 8.05. The van der Waals surface area contributed by atoms with E-state index in [0.29, 0.717) is 6.42 Å². The van der Waals surface area contributed by atoms with Crippen LogP contribution in [-0.4, -0.2) is 6.29 Å². The molecule has 2 nitrogen and oxygen atoms in total. The molecule has 0 aliphatic carbocycles. The van der Waals surface area contributed by atoms with Crippen LogP contribution in [0.2, 0.25) is 0 Å². The van der Waals surface area contributed by atoms with Crippen LogP contribution in [0.15, 0.2) is 16.7 Å². The van der Waals surface area contributed by atoms with E-state index in [-0.39, 0.29) is 0 Å². The molecular weight excluding hydrogens is 140 g/mol. The lowest BCUT2D eigenvalue weighted by Crippen LogP contribution is -1.85. The van der Waals surface area contributed by atoms with Gasteiger partial charge in [0.05, 0.1) is 6.26 Å². The summed E-state index contributed by atoms with van der Waals surface area (Å²) >= 11 is 0. The van der Waals surface area contributed by atoms with Crippen molar-refractivity contribution in [2.75, 3.05) is 0 Å². The summed E-state index contributed by atoms with van der Waals surface area (Å²) in [5.41, 5.74) is 1.18. The minimum absolute atomic E-state index is 0.625. The average Bonchev–Trinajstić information content (AvgIpc) is 2.37. The molecule has 60 valence electrons. The number of aryl methyl sites for hydroxylation is 2. The zero-order chi connectivity index (χ0) is 8.10. The molecule has 0 spiro atoms. The molecule has 0 fully saturated rings. The van der Waals surface area contributed by atoms with Crippen molar-refractivity contribution in [1.82, 2.24) is 0 Å². The lowest BCUT2D eigenvalue weighted by Gasteiger charge is -1.93. The summed E-state index contributed by atoms with van der Waals surface area (Å²) in [5.74, 6) is 1.01. The number of aldehydes is 1. The third-order valence-corrected chi connectivity index (χ3v) is 1.69. The van der Waals surface area contributed by atoms with Gasteiger partial charge in [-0.15, -0.1) is 0 Å². The number of unbranched alkanes of at least 4 members (excludes halogenated alkanes) is 1. The number of hydrogen-bond donors (Lipinski definition) is 0. The summed E-state index contributed by atoms with van der Waals surface area (Å²) in [6.07, 6.45) is 5.01. The van der Waals surface area contributed by atoms with E-state index < -0.39 is 0 Å². The maximum atomic E-state index is 9.99. The summed E-state index contributed by atoms with van der Waals surface area (Å²) in [6.45, 7) is 2.01. The predicted octanol–water partition coefficient (Wildman–Crippen LogP) is 2.11. The average molecular weight is 152 g/mol. The van der Waals surface area contributed by atoms with Gasteiger partial charge < -0.3 is 9.21 Å². The second-order valence-electron chi connectivity index (χ2n) is 2.59. The molecular formula is C9H12O2. The largest absolute Gasteiger partial charge is 0.469 e. The zero-order valence-electron chi connectivity index (χ0n) is 6.67. The maximum Gasteiger partial charge on any atom is 0.120 e. The number of rotatable bonds is 4. The van der Waals surface area contributed by atoms with Gasteiger partial charge in [0, 0.05) is 12.8 Å². The molecule has 0 radical (unpaired) electrons. The first-order valence-corrected chi connectivity index (χ1v) is 3.81. The Morgan fingerprint density at radius 3 is 3.00 bits per heavy atom. The Balaban J connectivity index is 2.38. The SMILES string of the molecule is Cc1ccoc1CCCC=O.